The van der Waals surface area contributed by atoms with Crippen molar-refractivity contribution in [2.45, 2.75) is 61.4 Å². The molecule has 8 heteroatoms. The van der Waals surface area contributed by atoms with Gasteiger partial charge in [-0.25, -0.2) is 4.98 Å². The standard InChI is InChI=1S/C26H35N5O3.C3H6.C2H6/c1-6-23-19(3)24(34-20(23)4)16-30(5)25(33)8-7-21-14-22(26(28-15-21)29-17-32)13-18(2)31-11-9-27-10-12-31;1-3-2;1-2/h7-8,13-15,17,27H,6,9-12,16H2,1-5H3,(H,28,29,32);3H,1H2,2H3;1-2H3/b8-7+,18-13+;;. The lowest BCUT2D eigenvalue weighted by molar-refractivity contribution is -0.125. The first-order valence-corrected chi connectivity index (χ1v) is 13.7. The smallest absolute Gasteiger partial charge is 0.246 e. The molecule has 1 saturated heterocycles. The number of aromatic nitrogens is 1. The van der Waals surface area contributed by atoms with Crippen molar-refractivity contribution in [1.29, 1.82) is 0 Å². The van der Waals surface area contributed by atoms with E-state index in [0.29, 0.717) is 18.8 Å². The number of hydrogen-bond donors (Lipinski definition) is 2. The zero-order chi connectivity index (χ0) is 29.4. The van der Waals surface area contributed by atoms with Gasteiger partial charge in [0.2, 0.25) is 12.3 Å². The first kappa shape index (κ1) is 33.4. The number of aryl methyl sites for hydroxylation is 1. The number of pyridine rings is 1. The van der Waals surface area contributed by atoms with Gasteiger partial charge in [0.15, 0.2) is 0 Å². The van der Waals surface area contributed by atoms with Gasteiger partial charge in [-0.15, -0.1) is 6.58 Å². The third kappa shape index (κ3) is 10.2. The lowest BCUT2D eigenvalue weighted by atomic mass is 10.1. The third-order valence-corrected chi connectivity index (χ3v) is 6.22. The van der Waals surface area contributed by atoms with Gasteiger partial charge in [0.1, 0.15) is 17.3 Å². The van der Waals surface area contributed by atoms with Crippen LogP contribution in [-0.4, -0.2) is 60.3 Å². The molecule has 214 valence electrons. The van der Waals surface area contributed by atoms with E-state index in [-0.39, 0.29) is 5.91 Å². The number of anilines is 1. The molecule has 2 aromatic rings. The second-order valence-corrected chi connectivity index (χ2v) is 8.97. The minimum absolute atomic E-state index is 0.129. The Balaban J connectivity index is 0.00000142. The van der Waals surface area contributed by atoms with Crippen LogP contribution in [0.4, 0.5) is 5.82 Å². The summed E-state index contributed by atoms with van der Waals surface area (Å²) in [5, 5.41) is 6.01. The van der Waals surface area contributed by atoms with Crippen LogP contribution < -0.4 is 10.6 Å². The molecule has 8 nitrogen and oxygen atoms in total. The van der Waals surface area contributed by atoms with E-state index in [4.69, 9.17) is 4.42 Å². The van der Waals surface area contributed by atoms with E-state index in [2.05, 4.69) is 40.9 Å². The number of carbonyl (C=O) groups is 2. The fourth-order valence-corrected chi connectivity index (χ4v) is 4.22. The molecule has 39 heavy (non-hydrogen) atoms. The topological polar surface area (TPSA) is 90.7 Å². The van der Waals surface area contributed by atoms with Crippen LogP contribution in [0.5, 0.6) is 0 Å². The molecule has 0 radical (unpaired) electrons. The summed E-state index contributed by atoms with van der Waals surface area (Å²) in [6.45, 7) is 21.6. The van der Waals surface area contributed by atoms with Crippen molar-refractivity contribution >= 4 is 30.3 Å². The van der Waals surface area contributed by atoms with Crippen LogP contribution in [-0.2, 0) is 22.6 Å². The molecule has 3 rings (SSSR count). The fourth-order valence-electron chi connectivity index (χ4n) is 4.22. The highest BCUT2D eigenvalue weighted by molar-refractivity contribution is 5.91. The number of rotatable bonds is 9. The number of allylic oxidation sites excluding steroid dienone is 2. The Labute approximate surface area is 234 Å². The number of nitrogens with zero attached hydrogens (tertiary/aromatic N) is 3. The number of nitrogens with one attached hydrogen (secondary N) is 2. The minimum Gasteiger partial charge on any atom is -0.464 e. The maximum atomic E-state index is 12.7. The van der Waals surface area contributed by atoms with Gasteiger partial charge in [0.05, 0.1) is 6.54 Å². The molecule has 3 heterocycles. The normalized spacial score (nSPS) is 13.1. The summed E-state index contributed by atoms with van der Waals surface area (Å²) >= 11 is 0. The van der Waals surface area contributed by atoms with Crippen LogP contribution in [0.2, 0.25) is 0 Å². The summed E-state index contributed by atoms with van der Waals surface area (Å²) in [4.78, 5) is 32.1. The second-order valence-electron chi connectivity index (χ2n) is 8.97. The van der Waals surface area contributed by atoms with E-state index >= 15 is 0 Å². The van der Waals surface area contributed by atoms with Crippen LogP contribution in [0.25, 0.3) is 12.2 Å². The van der Waals surface area contributed by atoms with Crippen LogP contribution in [0.3, 0.4) is 0 Å². The number of furan rings is 1. The second kappa shape index (κ2) is 17.8. The van der Waals surface area contributed by atoms with E-state index < -0.39 is 0 Å². The highest BCUT2D eigenvalue weighted by Gasteiger charge is 2.16. The van der Waals surface area contributed by atoms with E-state index in [9.17, 15) is 9.59 Å². The molecular weight excluding hydrogens is 490 g/mol. The van der Waals surface area contributed by atoms with Gasteiger partial charge < -0.3 is 24.9 Å². The maximum absolute atomic E-state index is 12.7. The Kier molecular flexibility index (Phi) is 15.2. The molecule has 0 bridgehead atoms. The Hall–Kier alpha value is -3.65. The Bertz CT molecular complexity index is 1130. The number of amides is 2. The molecule has 2 aromatic heterocycles. The van der Waals surface area contributed by atoms with Crippen LogP contribution in [0, 0.1) is 13.8 Å². The number of likely N-dealkylation sites (N-methyl/N-ethyl adjacent to an activating group) is 1. The monoisotopic (exact) mass is 537 g/mol. The minimum atomic E-state index is -0.129. The summed E-state index contributed by atoms with van der Waals surface area (Å²) in [5.74, 6) is 2.09. The van der Waals surface area contributed by atoms with E-state index in [1.165, 1.54) is 11.6 Å². The van der Waals surface area contributed by atoms with Gasteiger partial charge in [0.25, 0.3) is 0 Å². The predicted molar refractivity (Wildman–Crippen MR) is 162 cm³/mol. The van der Waals surface area contributed by atoms with Crippen molar-refractivity contribution < 1.29 is 14.0 Å². The molecule has 1 fully saturated rings. The van der Waals surface area contributed by atoms with Gasteiger partial charge in [-0.1, -0.05) is 26.8 Å². The highest BCUT2D eigenvalue weighted by atomic mass is 16.3. The van der Waals surface area contributed by atoms with Crippen molar-refractivity contribution in [3.05, 3.63) is 70.5 Å². The molecule has 0 saturated carbocycles. The van der Waals surface area contributed by atoms with Gasteiger partial charge in [-0.2, -0.15) is 0 Å². The van der Waals surface area contributed by atoms with Gasteiger partial charge in [-0.05, 0) is 69.0 Å². The number of carbonyl (C=O) groups excluding carboxylic acids is 2. The fraction of sp³-hybridized carbons (Fsp3) is 0.452. The van der Waals surface area contributed by atoms with Crippen molar-refractivity contribution in [3.63, 3.8) is 0 Å². The van der Waals surface area contributed by atoms with Gasteiger partial charge in [0, 0.05) is 56.8 Å². The first-order chi connectivity index (χ1) is 18.7. The van der Waals surface area contributed by atoms with Gasteiger partial charge in [-0.3, -0.25) is 9.59 Å². The highest BCUT2D eigenvalue weighted by Crippen LogP contribution is 2.23. The first-order valence-electron chi connectivity index (χ1n) is 13.7. The molecule has 0 atom stereocenters. The number of piperazine rings is 1. The average Bonchev–Trinajstić information content (AvgIpc) is 3.21. The van der Waals surface area contributed by atoms with Crippen molar-refractivity contribution in [2.75, 3.05) is 38.5 Å². The summed E-state index contributed by atoms with van der Waals surface area (Å²) in [5.41, 5.74) is 4.99. The van der Waals surface area contributed by atoms with Crippen LogP contribution >= 0.6 is 0 Å². The predicted octanol–water partition coefficient (Wildman–Crippen LogP) is 5.58. The van der Waals surface area contributed by atoms with Crippen molar-refractivity contribution in [2.24, 2.45) is 0 Å². The number of hydrogen-bond acceptors (Lipinski definition) is 6. The average molecular weight is 538 g/mol. The maximum Gasteiger partial charge on any atom is 0.246 e. The Morgan fingerprint density at radius 1 is 1.28 bits per heavy atom. The lowest BCUT2D eigenvalue weighted by Crippen LogP contribution is -2.42. The molecular formula is C31H47N5O3. The van der Waals surface area contributed by atoms with Crippen molar-refractivity contribution in [1.82, 2.24) is 20.1 Å². The van der Waals surface area contributed by atoms with E-state index in [1.54, 1.807) is 30.3 Å². The summed E-state index contributed by atoms with van der Waals surface area (Å²) < 4.78 is 5.88. The molecule has 2 amide bonds. The zero-order valence-electron chi connectivity index (χ0n) is 25.1. The Morgan fingerprint density at radius 2 is 1.92 bits per heavy atom. The molecule has 1 aliphatic rings. The Morgan fingerprint density at radius 3 is 2.49 bits per heavy atom. The zero-order valence-corrected chi connectivity index (χ0v) is 25.1. The SMILES string of the molecule is C=CC.CC.CCc1c(C)oc(CN(C)C(=O)/C=C/c2cnc(NC=O)c(/C=C(\C)N3CCNCC3)c2)c1C. The van der Waals surface area contributed by atoms with Crippen LogP contribution in [0.15, 0.2) is 41.1 Å². The largest absolute Gasteiger partial charge is 0.464 e. The molecule has 0 aromatic carbocycles. The summed E-state index contributed by atoms with van der Waals surface area (Å²) in [6.07, 6.45) is 10.2. The molecule has 1 aliphatic heterocycles. The van der Waals surface area contributed by atoms with Crippen LogP contribution in [0.1, 0.15) is 68.4 Å². The molecule has 0 aliphatic carbocycles. The molecule has 0 spiro atoms. The quantitative estimate of drug-likeness (QED) is 0.247. The summed E-state index contributed by atoms with van der Waals surface area (Å²) in [6, 6.07) is 1.92. The van der Waals surface area contributed by atoms with E-state index in [1.807, 2.05) is 46.8 Å². The lowest BCUT2D eigenvalue weighted by Gasteiger charge is -2.30. The van der Waals surface area contributed by atoms with Crippen molar-refractivity contribution in [3.8, 4) is 0 Å². The van der Waals surface area contributed by atoms with E-state index in [0.717, 1.165) is 66.5 Å². The van der Waals surface area contributed by atoms with Gasteiger partial charge >= 0.3 is 0 Å². The molecule has 2 N–H and O–H groups in total. The molecule has 0 unspecified atom stereocenters. The summed E-state index contributed by atoms with van der Waals surface area (Å²) in [7, 11) is 1.76. The third-order valence-electron chi connectivity index (χ3n) is 6.22.